The monoisotopic (exact) mass is 357 g/mol. The number of aliphatic imine (C=N–C) groups is 1. The van der Waals surface area contributed by atoms with Gasteiger partial charge in [-0.15, -0.1) is 0 Å². The minimum Gasteiger partial charge on any atom is -0.382 e. The van der Waals surface area contributed by atoms with E-state index in [9.17, 15) is 0 Å². The number of benzene rings is 1. The van der Waals surface area contributed by atoms with Crippen LogP contribution in [0.4, 0.5) is 0 Å². The Morgan fingerprint density at radius 3 is 2.65 bits per heavy atom. The van der Waals surface area contributed by atoms with Gasteiger partial charge in [0.15, 0.2) is 5.96 Å². The van der Waals surface area contributed by atoms with Crippen LogP contribution in [0.15, 0.2) is 35.3 Å². The molecule has 0 saturated heterocycles. The molecule has 6 nitrogen and oxygen atoms in total. The highest BCUT2D eigenvalue weighted by Gasteiger charge is 2.12. The van der Waals surface area contributed by atoms with Crippen LogP contribution in [0.5, 0.6) is 0 Å². The fraction of sp³-hybridized carbons (Fsp3) is 0.500. The molecule has 0 aliphatic carbocycles. The lowest BCUT2D eigenvalue weighted by molar-refractivity contribution is 0.145. The van der Waals surface area contributed by atoms with Crippen LogP contribution in [0.25, 0.3) is 0 Å². The largest absolute Gasteiger partial charge is 0.382 e. The normalized spacial score (nSPS) is 11.6. The molecule has 0 fully saturated rings. The average molecular weight is 358 g/mol. The minimum absolute atomic E-state index is 0.706. The molecular formula is C20H31N5O. The molecule has 26 heavy (non-hydrogen) atoms. The van der Waals surface area contributed by atoms with Crippen molar-refractivity contribution in [2.24, 2.45) is 4.99 Å². The Hall–Kier alpha value is -2.34. The summed E-state index contributed by atoms with van der Waals surface area (Å²) in [4.78, 5) is 4.28. The summed E-state index contributed by atoms with van der Waals surface area (Å²) in [6, 6.07) is 10.4. The van der Waals surface area contributed by atoms with Crippen molar-refractivity contribution in [2.45, 2.75) is 40.3 Å². The summed E-state index contributed by atoms with van der Waals surface area (Å²) in [7, 11) is 1.79. The van der Waals surface area contributed by atoms with Crippen molar-refractivity contribution in [3.63, 3.8) is 0 Å². The Kier molecular flexibility index (Phi) is 8.15. The van der Waals surface area contributed by atoms with Gasteiger partial charge in [-0.2, -0.15) is 5.10 Å². The standard InChI is InChI=1S/C20H31N5O/c1-5-26-13-9-12-22-20(21-4)23-14-19-16(2)24-25(17(19)3)15-18-10-7-6-8-11-18/h6-8,10-11H,5,9,12-15H2,1-4H3,(H2,21,22,23). The molecule has 1 aromatic heterocycles. The Morgan fingerprint density at radius 2 is 1.96 bits per heavy atom. The molecule has 0 spiro atoms. The van der Waals surface area contributed by atoms with Gasteiger partial charge in [0.05, 0.1) is 12.2 Å². The Balaban J connectivity index is 1.90. The first-order valence-electron chi connectivity index (χ1n) is 9.24. The molecule has 2 rings (SSSR count). The predicted molar refractivity (Wildman–Crippen MR) is 107 cm³/mol. The van der Waals surface area contributed by atoms with Crippen molar-refractivity contribution in [3.8, 4) is 0 Å². The first-order valence-corrected chi connectivity index (χ1v) is 9.24. The zero-order chi connectivity index (χ0) is 18.8. The molecule has 0 saturated carbocycles. The highest BCUT2D eigenvalue weighted by molar-refractivity contribution is 5.79. The van der Waals surface area contributed by atoms with Crippen molar-refractivity contribution in [3.05, 3.63) is 52.8 Å². The summed E-state index contributed by atoms with van der Waals surface area (Å²) in [5.41, 5.74) is 4.71. The number of hydrogen-bond acceptors (Lipinski definition) is 3. The highest BCUT2D eigenvalue weighted by atomic mass is 16.5. The molecule has 6 heteroatoms. The van der Waals surface area contributed by atoms with E-state index < -0.39 is 0 Å². The number of ether oxygens (including phenoxy) is 1. The molecule has 0 bridgehead atoms. The van der Waals surface area contributed by atoms with Crippen LogP contribution in [0.2, 0.25) is 0 Å². The SMILES string of the molecule is CCOCCCNC(=NC)NCc1c(C)nn(Cc2ccccc2)c1C. The number of aromatic nitrogens is 2. The molecule has 0 amide bonds. The number of guanidine groups is 1. The number of aryl methyl sites for hydroxylation is 1. The van der Waals surface area contributed by atoms with Gasteiger partial charge in [0.25, 0.3) is 0 Å². The maximum absolute atomic E-state index is 5.35. The van der Waals surface area contributed by atoms with Crippen molar-refractivity contribution >= 4 is 5.96 Å². The smallest absolute Gasteiger partial charge is 0.191 e. The summed E-state index contributed by atoms with van der Waals surface area (Å²) >= 11 is 0. The van der Waals surface area contributed by atoms with Gasteiger partial charge in [-0.1, -0.05) is 30.3 Å². The van der Waals surface area contributed by atoms with Crippen molar-refractivity contribution < 1.29 is 4.74 Å². The molecule has 1 heterocycles. The van der Waals surface area contributed by atoms with Crippen molar-refractivity contribution in [2.75, 3.05) is 26.8 Å². The van der Waals surface area contributed by atoms with Crippen LogP contribution in [-0.2, 0) is 17.8 Å². The lowest BCUT2D eigenvalue weighted by Gasteiger charge is -2.12. The molecular weight excluding hydrogens is 326 g/mol. The lowest BCUT2D eigenvalue weighted by atomic mass is 10.2. The molecule has 142 valence electrons. The second-order valence-electron chi connectivity index (χ2n) is 6.20. The first-order chi connectivity index (χ1) is 12.7. The second-order valence-corrected chi connectivity index (χ2v) is 6.20. The maximum Gasteiger partial charge on any atom is 0.191 e. The zero-order valence-electron chi connectivity index (χ0n) is 16.4. The summed E-state index contributed by atoms with van der Waals surface area (Å²) in [6.45, 7) is 10.1. The lowest BCUT2D eigenvalue weighted by Crippen LogP contribution is -2.37. The topological polar surface area (TPSA) is 63.5 Å². The Morgan fingerprint density at radius 1 is 1.19 bits per heavy atom. The highest BCUT2D eigenvalue weighted by Crippen LogP contribution is 2.14. The van der Waals surface area contributed by atoms with Crippen LogP contribution in [0.3, 0.4) is 0 Å². The van der Waals surface area contributed by atoms with Gasteiger partial charge in [0, 0.05) is 44.6 Å². The first kappa shape index (κ1) is 20.0. The van der Waals surface area contributed by atoms with Gasteiger partial charge in [0.1, 0.15) is 0 Å². The summed E-state index contributed by atoms with van der Waals surface area (Å²) in [5.74, 6) is 0.802. The molecule has 0 radical (unpaired) electrons. The van der Waals surface area contributed by atoms with E-state index in [2.05, 4.69) is 58.4 Å². The molecule has 2 N–H and O–H groups in total. The number of rotatable bonds is 9. The fourth-order valence-corrected chi connectivity index (χ4v) is 2.82. The van der Waals surface area contributed by atoms with Crippen LogP contribution >= 0.6 is 0 Å². The number of nitrogens with zero attached hydrogens (tertiary/aromatic N) is 3. The van der Waals surface area contributed by atoms with Crippen molar-refractivity contribution in [1.29, 1.82) is 0 Å². The van der Waals surface area contributed by atoms with Gasteiger partial charge >= 0.3 is 0 Å². The van der Waals surface area contributed by atoms with Gasteiger partial charge in [-0.25, -0.2) is 0 Å². The predicted octanol–water partition coefficient (Wildman–Crippen LogP) is 2.64. The zero-order valence-corrected chi connectivity index (χ0v) is 16.4. The van der Waals surface area contributed by atoms with E-state index in [1.165, 1.54) is 16.8 Å². The third-order valence-electron chi connectivity index (χ3n) is 4.32. The van der Waals surface area contributed by atoms with E-state index in [0.717, 1.165) is 44.4 Å². The average Bonchev–Trinajstić information content (AvgIpc) is 2.91. The van der Waals surface area contributed by atoms with Crippen LogP contribution < -0.4 is 10.6 Å². The molecule has 0 aliphatic rings. The summed E-state index contributed by atoms with van der Waals surface area (Å²) in [5, 5.41) is 11.4. The van der Waals surface area contributed by atoms with E-state index in [0.29, 0.717) is 6.54 Å². The van der Waals surface area contributed by atoms with E-state index >= 15 is 0 Å². The van der Waals surface area contributed by atoms with E-state index in [-0.39, 0.29) is 0 Å². The fourth-order valence-electron chi connectivity index (χ4n) is 2.82. The maximum atomic E-state index is 5.35. The number of hydrogen-bond donors (Lipinski definition) is 2. The van der Waals surface area contributed by atoms with E-state index in [1.807, 2.05) is 13.0 Å². The van der Waals surface area contributed by atoms with Crippen LogP contribution in [0, 0.1) is 13.8 Å². The molecule has 1 aromatic carbocycles. The van der Waals surface area contributed by atoms with Gasteiger partial charge < -0.3 is 15.4 Å². The molecule has 2 aromatic rings. The number of nitrogens with one attached hydrogen (secondary N) is 2. The quantitative estimate of drug-likeness (QED) is 0.411. The summed E-state index contributed by atoms with van der Waals surface area (Å²) in [6.07, 6.45) is 0.960. The third-order valence-corrected chi connectivity index (χ3v) is 4.32. The van der Waals surface area contributed by atoms with Gasteiger partial charge in [-0.05, 0) is 32.8 Å². The summed E-state index contributed by atoms with van der Waals surface area (Å²) < 4.78 is 7.42. The second kappa shape index (κ2) is 10.6. The molecule has 0 atom stereocenters. The van der Waals surface area contributed by atoms with E-state index in [1.54, 1.807) is 7.05 Å². The Labute approximate surface area is 156 Å². The molecule has 0 unspecified atom stereocenters. The minimum atomic E-state index is 0.706. The van der Waals surface area contributed by atoms with Gasteiger partial charge in [-0.3, -0.25) is 9.67 Å². The van der Waals surface area contributed by atoms with Crippen molar-refractivity contribution in [1.82, 2.24) is 20.4 Å². The third kappa shape index (κ3) is 5.88. The Bertz CT molecular complexity index is 694. The van der Waals surface area contributed by atoms with Gasteiger partial charge in [0.2, 0.25) is 0 Å². The molecule has 0 aliphatic heterocycles. The van der Waals surface area contributed by atoms with E-state index in [4.69, 9.17) is 9.84 Å². The van der Waals surface area contributed by atoms with Crippen LogP contribution in [-0.4, -0.2) is 42.5 Å². The van der Waals surface area contributed by atoms with Crippen LogP contribution in [0.1, 0.15) is 35.9 Å².